The second-order valence-electron chi connectivity index (χ2n) is 5.87. The zero-order valence-corrected chi connectivity index (χ0v) is 16.9. The molecule has 8 nitrogen and oxygen atoms in total. The van der Waals surface area contributed by atoms with Crippen molar-refractivity contribution in [1.29, 1.82) is 0 Å². The predicted octanol–water partition coefficient (Wildman–Crippen LogP) is 3.87. The van der Waals surface area contributed by atoms with E-state index in [4.69, 9.17) is 0 Å². The van der Waals surface area contributed by atoms with Gasteiger partial charge in [0, 0.05) is 17.1 Å². The topological polar surface area (TPSA) is 118 Å². The lowest BCUT2D eigenvalue weighted by atomic mass is 10.0. The lowest BCUT2D eigenvalue weighted by Gasteiger charge is -2.09. The molecule has 0 aliphatic rings. The van der Waals surface area contributed by atoms with E-state index in [1.165, 1.54) is 31.3 Å². The fourth-order valence-corrected chi connectivity index (χ4v) is 4.34. The third kappa shape index (κ3) is 4.98. The SMILES string of the molecule is CC(=O)C(N=Nc1ccccc1S(=O)(=O)Nc1nccs1)C(=O)c1ccccc1. The van der Waals surface area contributed by atoms with Crippen LogP contribution in [-0.4, -0.2) is 31.0 Å². The van der Waals surface area contributed by atoms with Crippen molar-refractivity contribution in [3.05, 3.63) is 71.7 Å². The van der Waals surface area contributed by atoms with Crippen LogP contribution in [0, 0.1) is 0 Å². The van der Waals surface area contributed by atoms with Crippen molar-refractivity contribution in [2.24, 2.45) is 10.2 Å². The van der Waals surface area contributed by atoms with Crippen LogP contribution in [0.2, 0.25) is 0 Å². The number of nitrogens with one attached hydrogen (secondary N) is 1. The smallest absolute Gasteiger partial charge is 0.265 e. The molecule has 1 atom stereocenters. The van der Waals surface area contributed by atoms with Gasteiger partial charge in [0.2, 0.25) is 0 Å². The number of nitrogens with zero attached hydrogens (tertiary/aromatic N) is 3. The average molecular weight is 428 g/mol. The first kappa shape index (κ1) is 20.5. The van der Waals surface area contributed by atoms with E-state index in [-0.39, 0.29) is 15.7 Å². The summed E-state index contributed by atoms with van der Waals surface area (Å²) in [6.07, 6.45) is 1.47. The molecule has 0 aliphatic heterocycles. The molecule has 0 aliphatic carbocycles. The molecule has 1 heterocycles. The van der Waals surface area contributed by atoms with Crippen molar-refractivity contribution in [2.45, 2.75) is 17.9 Å². The molecular weight excluding hydrogens is 412 g/mol. The second kappa shape index (κ2) is 8.84. The van der Waals surface area contributed by atoms with Gasteiger partial charge in [-0.05, 0) is 19.1 Å². The number of rotatable bonds is 8. The highest BCUT2D eigenvalue weighted by molar-refractivity contribution is 7.93. The van der Waals surface area contributed by atoms with E-state index in [9.17, 15) is 18.0 Å². The molecular formula is C19H16N4O4S2. The van der Waals surface area contributed by atoms with Gasteiger partial charge in [0.1, 0.15) is 10.6 Å². The first-order chi connectivity index (χ1) is 13.9. The van der Waals surface area contributed by atoms with Crippen LogP contribution < -0.4 is 4.72 Å². The van der Waals surface area contributed by atoms with Gasteiger partial charge in [-0.1, -0.05) is 42.5 Å². The average Bonchev–Trinajstić information content (AvgIpc) is 3.21. The Bertz CT molecular complexity index is 1140. The molecule has 29 heavy (non-hydrogen) atoms. The number of carbonyl (C=O) groups is 2. The van der Waals surface area contributed by atoms with Gasteiger partial charge in [0.05, 0.1) is 0 Å². The number of benzene rings is 2. The molecule has 3 rings (SSSR count). The normalized spacial score (nSPS) is 12.6. The van der Waals surface area contributed by atoms with Crippen molar-refractivity contribution >= 4 is 43.7 Å². The van der Waals surface area contributed by atoms with Crippen LogP contribution >= 0.6 is 11.3 Å². The molecule has 0 saturated carbocycles. The Morgan fingerprint density at radius 2 is 1.76 bits per heavy atom. The first-order valence-electron chi connectivity index (χ1n) is 8.40. The highest BCUT2D eigenvalue weighted by Crippen LogP contribution is 2.27. The van der Waals surface area contributed by atoms with Crippen molar-refractivity contribution in [3.63, 3.8) is 0 Å². The highest BCUT2D eigenvalue weighted by atomic mass is 32.2. The summed E-state index contributed by atoms with van der Waals surface area (Å²) in [7, 11) is -3.98. The van der Waals surface area contributed by atoms with Crippen molar-refractivity contribution in [1.82, 2.24) is 4.98 Å². The van der Waals surface area contributed by atoms with E-state index < -0.39 is 27.6 Å². The van der Waals surface area contributed by atoms with Crippen LogP contribution in [-0.2, 0) is 14.8 Å². The lowest BCUT2D eigenvalue weighted by Crippen LogP contribution is -2.26. The molecule has 148 valence electrons. The molecule has 1 N–H and O–H groups in total. The third-order valence-corrected chi connectivity index (χ3v) is 5.99. The summed E-state index contributed by atoms with van der Waals surface area (Å²) in [6, 6.07) is 12.8. The van der Waals surface area contributed by atoms with E-state index in [2.05, 4.69) is 19.9 Å². The number of hydrogen-bond donors (Lipinski definition) is 1. The second-order valence-corrected chi connectivity index (χ2v) is 8.41. The predicted molar refractivity (Wildman–Crippen MR) is 109 cm³/mol. The van der Waals surface area contributed by atoms with Crippen molar-refractivity contribution < 1.29 is 18.0 Å². The maximum absolute atomic E-state index is 12.7. The number of hydrogen-bond acceptors (Lipinski definition) is 8. The Labute approximate surface area is 171 Å². The lowest BCUT2D eigenvalue weighted by molar-refractivity contribution is -0.117. The molecule has 0 saturated heterocycles. The molecule has 0 amide bonds. The largest absolute Gasteiger partial charge is 0.297 e. The Morgan fingerprint density at radius 1 is 1.07 bits per heavy atom. The summed E-state index contributed by atoms with van der Waals surface area (Å²) in [5.41, 5.74) is 0.321. The minimum atomic E-state index is -3.98. The molecule has 1 aromatic heterocycles. The molecule has 0 fully saturated rings. The van der Waals surface area contributed by atoms with E-state index in [0.717, 1.165) is 11.3 Å². The van der Waals surface area contributed by atoms with Crippen LogP contribution in [0.15, 0.2) is 81.3 Å². The van der Waals surface area contributed by atoms with Crippen LogP contribution in [0.25, 0.3) is 0 Å². The zero-order valence-electron chi connectivity index (χ0n) is 15.2. The van der Waals surface area contributed by atoms with Gasteiger partial charge in [0.25, 0.3) is 10.0 Å². The van der Waals surface area contributed by atoms with Gasteiger partial charge < -0.3 is 0 Å². The first-order valence-corrected chi connectivity index (χ1v) is 10.8. The fourth-order valence-electron chi connectivity index (χ4n) is 2.41. The molecule has 3 aromatic rings. The maximum Gasteiger partial charge on any atom is 0.265 e. The standard InChI is InChI=1S/C19H16N4O4S2/c1-13(24)17(18(25)14-7-3-2-4-8-14)22-21-15-9-5-6-10-16(15)29(26,27)23-19-20-11-12-28-19/h2-12,17H,1H3,(H,20,23). The Morgan fingerprint density at radius 3 is 2.41 bits per heavy atom. The van der Waals surface area contributed by atoms with E-state index >= 15 is 0 Å². The summed E-state index contributed by atoms with van der Waals surface area (Å²) < 4.78 is 27.7. The van der Waals surface area contributed by atoms with Gasteiger partial charge in [-0.2, -0.15) is 10.2 Å². The molecule has 0 spiro atoms. The van der Waals surface area contributed by atoms with Gasteiger partial charge >= 0.3 is 0 Å². The third-order valence-electron chi connectivity index (χ3n) is 3.78. The summed E-state index contributed by atoms with van der Waals surface area (Å²) in [4.78, 5) is 28.3. The summed E-state index contributed by atoms with van der Waals surface area (Å²) >= 11 is 1.13. The van der Waals surface area contributed by atoms with Gasteiger partial charge in [-0.3, -0.25) is 14.3 Å². The van der Waals surface area contributed by atoms with E-state index in [1.807, 2.05) is 0 Å². The van der Waals surface area contributed by atoms with Crippen molar-refractivity contribution in [2.75, 3.05) is 4.72 Å². The zero-order chi connectivity index (χ0) is 20.9. The number of anilines is 1. The Kier molecular flexibility index (Phi) is 6.25. The quantitative estimate of drug-likeness (QED) is 0.332. The summed E-state index contributed by atoms with van der Waals surface area (Å²) in [6.45, 7) is 1.23. The van der Waals surface area contributed by atoms with E-state index in [1.54, 1.807) is 41.8 Å². The van der Waals surface area contributed by atoms with E-state index in [0.29, 0.717) is 5.56 Å². The Balaban J connectivity index is 1.92. The fraction of sp³-hybridized carbons (Fsp3) is 0.105. The maximum atomic E-state index is 12.7. The monoisotopic (exact) mass is 428 g/mol. The summed E-state index contributed by atoms with van der Waals surface area (Å²) in [5, 5.41) is 9.62. The van der Waals surface area contributed by atoms with Gasteiger partial charge in [-0.15, -0.1) is 11.3 Å². The highest BCUT2D eigenvalue weighted by Gasteiger charge is 2.25. The summed E-state index contributed by atoms with van der Waals surface area (Å²) in [5.74, 6) is -1.01. The van der Waals surface area contributed by atoms with Crippen LogP contribution in [0.5, 0.6) is 0 Å². The minimum Gasteiger partial charge on any atom is -0.297 e. The molecule has 0 bridgehead atoms. The molecule has 0 radical (unpaired) electrons. The molecule has 2 aromatic carbocycles. The number of Topliss-reactive ketones (excluding diaryl/α,β-unsaturated/α-hetero) is 2. The van der Waals surface area contributed by atoms with Crippen molar-refractivity contribution in [3.8, 4) is 0 Å². The minimum absolute atomic E-state index is 0.00340. The van der Waals surface area contributed by atoms with Crippen LogP contribution in [0.4, 0.5) is 10.8 Å². The van der Waals surface area contributed by atoms with Crippen LogP contribution in [0.1, 0.15) is 17.3 Å². The van der Waals surface area contributed by atoms with Crippen LogP contribution in [0.3, 0.4) is 0 Å². The number of aromatic nitrogens is 1. The van der Waals surface area contributed by atoms with Gasteiger partial charge in [0.15, 0.2) is 22.7 Å². The van der Waals surface area contributed by atoms with Gasteiger partial charge in [-0.25, -0.2) is 13.4 Å². The number of thiazole rings is 1. The number of carbonyl (C=O) groups excluding carboxylic acids is 2. The Hall–Kier alpha value is -3.24. The number of sulfonamides is 1. The number of azo groups is 1. The molecule has 10 heteroatoms. The number of ketones is 2. The molecule has 1 unspecified atom stereocenters.